The molecule has 1 fully saturated rings. The Morgan fingerprint density at radius 1 is 0.964 bits per heavy atom. The van der Waals surface area contributed by atoms with Crippen LogP contribution in [0.2, 0.25) is 0 Å². The molecule has 1 atom stereocenters. The Morgan fingerprint density at radius 3 is 2.04 bits per heavy atom. The summed E-state index contributed by atoms with van der Waals surface area (Å²) < 4.78 is 0. The quantitative estimate of drug-likeness (QED) is 0.493. The zero-order chi connectivity index (χ0) is 20.4. The van der Waals surface area contributed by atoms with Gasteiger partial charge in [-0.25, -0.2) is 0 Å². The van der Waals surface area contributed by atoms with E-state index < -0.39 is 17.7 Å². The number of ketones is 1. The molecule has 5 heteroatoms. The van der Waals surface area contributed by atoms with Gasteiger partial charge in [-0.3, -0.25) is 9.59 Å². The monoisotopic (exact) mass is 378 g/mol. The first-order valence-corrected chi connectivity index (χ1v) is 9.36. The van der Waals surface area contributed by atoms with Crippen molar-refractivity contribution in [1.29, 1.82) is 0 Å². The van der Waals surface area contributed by atoms with E-state index >= 15 is 0 Å². The fourth-order valence-corrected chi connectivity index (χ4v) is 3.38. The van der Waals surface area contributed by atoms with Crippen molar-refractivity contribution in [1.82, 2.24) is 9.80 Å². The molecule has 1 amide bonds. The van der Waals surface area contributed by atoms with Crippen LogP contribution in [0, 0.1) is 13.8 Å². The van der Waals surface area contributed by atoms with E-state index in [-0.39, 0.29) is 11.3 Å². The lowest BCUT2D eigenvalue weighted by molar-refractivity contribution is -0.140. The largest absolute Gasteiger partial charge is 0.507 e. The molecule has 1 aliphatic heterocycles. The number of likely N-dealkylation sites (N-methyl/N-ethyl adjacent to an activating group) is 1. The van der Waals surface area contributed by atoms with Crippen molar-refractivity contribution in [3.8, 4) is 0 Å². The van der Waals surface area contributed by atoms with Gasteiger partial charge >= 0.3 is 0 Å². The summed E-state index contributed by atoms with van der Waals surface area (Å²) in [7, 11) is 3.84. The van der Waals surface area contributed by atoms with E-state index in [1.807, 2.05) is 69.2 Å². The number of nitrogens with zero attached hydrogens (tertiary/aromatic N) is 2. The van der Waals surface area contributed by atoms with Crippen LogP contribution >= 0.6 is 0 Å². The van der Waals surface area contributed by atoms with Crippen LogP contribution in [-0.4, -0.2) is 53.8 Å². The minimum Gasteiger partial charge on any atom is -0.507 e. The van der Waals surface area contributed by atoms with Crippen LogP contribution in [0.15, 0.2) is 54.1 Å². The van der Waals surface area contributed by atoms with Gasteiger partial charge in [0.1, 0.15) is 5.76 Å². The standard InChI is InChI=1S/C23H26N2O3/c1-15-5-9-17(10-6-15)20-19(21(26)18-11-7-16(2)8-12-18)22(27)23(28)25(20)14-13-24(3)4/h5-12,20,26H,13-14H2,1-4H3. The minimum atomic E-state index is -0.637. The lowest BCUT2D eigenvalue weighted by Crippen LogP contribution is -2.35. The number of likely N-dealkylation sites (tertiary alicyclic amines) is 1. The number of carbonyl (C=O) groups is 2. The summed E-state index contributed by atoms with van der Waals surface area (Å²) in [6, 6.07) is 14.4. The van der Waals surface area contributed by atoms with Crippen LogP contribution in [-0.2, 0) is 9.59 Å². The van der Waals surface area contributed by atoms with Gasteiger partial charge in [0.25, 0.3) is 11.7 Å². The number of aliphatic hydroxyl groups is 1. The van der Waals surface area contributed by atoms with Crippen LogP contribution in [0.4, 0.5) is 0 Å². The van der Waals surface area contributed by atoms with E-state index in [2.05, 4.69) is 0 Å². The van der Waals surface area contributed by atoms with Crippen LogP contribution in [0.1, 0.15) is 28.3 Å². The van der Waals surface area contributed by atoms with Crippen molar-refractivity contribution >= 4 is 17.4 Å². The zero-order valence-electron chi connectivity index (χ0n) is 16.8. The molecule has 1 heterocycles. The molecular formula is C23H26N2O3. The van der Waals surface area contributed by atoms with Crippen molar-refractivity contribution in [2.45, 2.75) is 19.9 Å². The van der Waals surface area contributed by atoms with E-state index in [0.29, 0.717) is 18.7 Å². The SMILES string of the molecule is Cc1ccc(C(O)=C2C(=O)C(=O)N(CCN(C)C)C2c2ccc(C)cc2)cc1. The topological polar surface area (TPSA) is 60.9 Å². The zero-order valence-corrected chi connectivity index (χ0v) is 16.8. The molecule has 3 rings (SSSR count). The van der Waals surface area contributed by atoms with Crippen molar-refractivity contribution in [2.75, 3.05) is 27.2 Å². The Morgan fingerprint density at radius 2 is 1.50 bits per heavy atom. The predicted octanol–water partition coefficient (Wildman–Crippen LogP) is 3.29. The predicted molar refractivity (Wildman–Crippen MR) is 110 cm³/mol. The Hall–Kier alpha value is -2.92. The molecule has 0 radical (unpaired) electrons. The van der Waals surface area contributed by atoms with Crippen molar-refractivity contribution < 1.29 is 14.7 Å². The van der Waals surface area contributed by atoms with Gasteiger partial charge in [0.15, 0.2) is 0 Å². The van der Waals surface area contributed by atoms with Gasteiger partial charge in [-0.05, 0) is 33.5 Å². The third-order valence-corrected chi connectivity index (χ3v) is 5.05. The molecule has 5 nitrogen and oxygen atoms in total. The molecule has 2 aromatic rings. The summed E-state index contributed by atoms with van der Waals surface area (Å²) in [5.41, 5.74) is 3.65. The van der Waals surface area contributed by atoms with Crippen molar-refractivity contribution in [3.63, 3.8) is 0 Å². The van der Waals surface area contributed by atoms with Gasteiger partial charge in [0, 0.05) is 18.7 Å². The molecule has 1 aliphatic rings. The normalized spacial score (nSPS) is 18.9. The number of aryl methyl sites for hydroxylation is 2. The van der Waals surface area contributed by atoms with Crippen LogP contribution in [0.3, 0.4) is 0 Å². The average Bonchev–Trinajstić information content (AvgIpc) is 2.91. The van der Waals surface area contributed by atoms with Crippen molar-refractivity contribution in [3.05, 3.63) is 76.4 Å². The molecule has 0 bridgehead atoms. The molecule has 0 aromatic heterocycles. The maximum Gasteiger partial charge on any atom is 0.295 e. The Balaban J connectivity index is 2.13. The molecular weight excluding hydrogens is 352 g/mol. The third-order valence-electron chi connectivity index (χ3n) is 5.05. The summed E-state index contributed by atoms with van der Waals surface area (Å²) in [6.07, 6.45) is 0. The number of rotatable bonds is 5. The van der Waals surface area contributed by atoms with Crippen LogP contribution in [0.5, 0.6) is 0 Å². The number of carbonyl (C=O) groups excluding carboxylic acids is 2. The molecule has 2 aromatic carbocycles. The first kappa shape index (κ1) is 19.8. The van der Waals surface area contributed by atoms with Gasteiger partial charge in [-0.2, -0.15) is 0 Å². The second kappa shape index (κ2) is 7.98. The van der Waals surface area contributed by atoms with Gasteiger partial charge in [0.05, 0.1) is 11.6 Å². The Bertz CT molecular complexity index is 912. The van der Waals surface area contributed by atoms with Crippen LogP contribution < -0.4 is 0 Å². The fourth-order valence-electron chi connectivity index (χ4n) is 3.38. The Labute approximate surface area is 165 Å². The molecule has 0 saturated carbocycles. The highest BCUT2D eigenvalue weighted by Gasteiger charge is 2.45. The van der Waals surface area contributed by atoms with E-state index in [1.54, 1.807) is 17.0 Å². The first-order valence-electron chi connectivity index (χ1n) is 9.36. The molecule has 0 spiro atoms. The smallest absolute Gasteiger partial charge is 0.295 e. The summed E-state index contributed by atoms with van der Waals surface area (Å²) in [6.45, 7) is 4.97. The lowest BCUT2D eigenvalue weighted by Gasteiger charge is -2.26. The lowest BCUT2D eigenvalue weighted by atomic mass is 9.94. The molecule has 1 unspecified atom stereocenters. The molecule has 0 aliphatic carbocycles. The fraction of sp³-hybridized carbons (Fsp3) is 0.304. The van der Waals surface area contributed by atoms with E-state index in [0.717, 1.165) is 16.7 Å². The van der Waals surface area contributed by atoms with Gasteiger partial charge < -0.3 is 14.9 Å². The number of benzene rings is 2. The maximum atomic E-state index is 12.9. The van der Waals surface area contributed by atoms with E-state index in [9.17, 15) is 14.7 Å². The van der Waals surface area contributed by atoms with E-state index in [4.69, 9.17) is 0 Å². The number of Topliss-reactive ketones (excluding diaryl/α,β-unsaturated/α-hetero) is 1. The first-order chi connectivity index (χ1) is 13.3. The summed E-state index contributed by atoms with van der Waals surface area (Å²) in [5, 5.41) is 11.0. The molecule has 1 saturated heterocycles. The highest BCUT2D eigenvalue weighted by Crippen LogP contribution is 2.39. The maximum absolute atomic E-state index is 12.9. The summed E-state index contributed by atoms with van der Waals surface area (Å²) >= 11 is 0. The van der Waals surface area contributed by atoms with Gasteiger partial charge in [-0.15, -0.1) is 0 Å². The van der Waals surface area contributed by atoms with Crippen molar-refractivity contribution in [2.24, 2.45) is 0 Å². The molecule has 146 valence electrons. The van der Waals surface area contributed by atoms with E-state index in [1.165, 1.54) is 0 Å². The third kappa shape index (κ3) is 3.85. The average molecular weight is 378 g/mol. The minimum absolute atomic E-state index is 0.128. The summed E-state index contributed by atoms with van der Waals surface area (Å²) in [4.78, 5) is 29.2. The van der Waals surface area contributed by atoms with Crippen LogP contribution in [0.25, 0.3) is 5.76 Å². The number of amides is 1. The number of hydrogen-bond donors (Lipinski definition) is 1. The van der Waals surface area contributed by atoms with Gasteiger partial charge in [0.2, 0.25) is 0 Å². The molecule has 28 heavy (non-hydrogen) atoms. The number of hydrogen-bond acceptors (Lipinski definition) is 4. The van der Waals surface area contributed by atoms with Gasteiger partial charge in [-0.1, -0.05) is 59.7 Å². The highest BCUT2D eigenvalue weighted by molar-refractivity contribution is 6.46. The second-order valence-electron chi connectivity index (χ2n) is 7.57. The summed E-state index contributed by atoms with van der Waals surface area (Å²) in [5.74, 6) is -1.33. The number of aliphatic hydroxyl groups excluding tert-OH is 1. The molecule has 1 N–H and O–H groups in total. The Kier molecular flexibility index (Phi) is 5.66. The highest BCUT2D eigenvalue weighted by atomic mass is 16.3. The second-order valence-corrected chi connectivity index (χ2v) is 7.57.